The highest BCUT2D eigenvalue weighted by Gasteiger charge is 2.64. The van der Waals surface area contributed by atoms with E-state index in [0.29, 0.717) is 16.8 Å². The van der Waals surface area contributed by atoms with Gasteiger partial charge in [-0.3, -0.25) is 9.69 Å². The summed E-state index contributed by atoms with van der Waals surface area (Å²) >= 11 is 0. The van der Waals surface area contributed by atoms with Gasteiger partial charge in [-0.25, -0.2) is 14.6 Å². The van der Waals surface area contributed by atoms with E-state index in [1.54, 1.807) is 48.5 Å². The molecule has 8 nitrogen and oxygen atoms in total. The summed E-state index contributed by atoms with van der Waals surface area (Å²) in [6, 6.07) is 15.7. The summed E-state index contributed by atoms with van der Waals surface area (Å²) in [5.74, 6) is -1.95. The van der Waals surface area contributed by atoms with Crippen LogP contribution in [0.5, 0.6) is 0 Å². The Morgan fingerprint density at radius 1 is 0.943 bits per heavy atom. The van der Waals surface area contributed by atoms with E-state index in [0.717, 1.165) is 32.1 Å². The first kappa shape index (κ1) is 22.8. The Labute approximate surface area is 203 Å². The van der Waals surface area contributed by atoms with Crippen LogP contribution in [0.2, 0.25) is 0 Å². The molecule has 1 fully saturated rings. The van der Waals surface area contributed by atoms with E-state index < -0.39 is 17.7 Å². The average molecular weight is 475 g/mol. The van der Waals surface area contributed by atoms with Crippen LogP contribution in [0.1, 0.15) is 48.0 Å². The second-order valence-corrected chi connectivity index (χ2v) is 8.73. The van der Waals surface area contributed by atoms with E-state index in [2.05, 4.69) is 0 Å². The molecule has 1 aliphatic carbocycles. The van der Waals surface area contributed by atoms with Crippen molar-refractivity contribution in [1.82, 2.24) is 0 Å². The van der Waals surface area contributed by atoms with Crippen molar-refractivity contribution in [3.63, 3.8) is 0 Å². The zero-order chi connectivity index (χ0) is 24.6. The second kappa shape index (κ2) is 9.02. The van der Waals surface area contributed by atoms with E-state index in [9.17, 15) is 14.4 Å². The number of aliphatic imine (C=N–C) groups is 1. The molecular formula is C27H26N2O6. The summed E-state index contributed by atoms with van der Waals surface area (Å²) < 4.78 is 16.7. The molecule has 5 rings (SSSR count). The zero-order valence-corrected chi connectivity index (χ0v) is 19.7. The highest BCUT2D eigenvalue weighted by Crippen LogP contribution is 2.52. The second-order valence-electron chi connectivity index (χ2n) is 8.73. The van der Waals surface area contributed by atoms with Crippen molar-refractivity contribution in [1.29, 1.82) is 0 Å². The number of rotatable bonds is 4. The van der Waals surface area contributed by atoms with Gasteiger partial charge in [0.2, 0.25) is 5.90 Å². The van der Waals surface area contributed by atoms with Gasteiger partial charge in [0.15, 0.2) is 0 Å². The van der Waals surface area contributed by atoms with E-state index in [-0.39, 0.29) is 29.0 Å². The van der Waals surface area contributed by atoms with Crippen LogP contribution in [0.25, 0.3) is 0 Å². The summed E-state index contributed by atoms with van der Waals surface area (Å²) in [4.78, 5) is 46.5. The monoisotopic (exact) mass is 474 g/mol. The number of nitrogens with zero attached hydrogens (tertiary/aromatic N) is 2. The fourth-order valence-corrected chi connectivity index (χ4v) is 5.19. The molecule has 2 heterocycles. The maximum absolute atomic E-state index is 13.8. The maximum atomic E-state index is 13.8. The van der Waals surface area contributed by atoms with Crippen molar-refractivity contribution >= 4 is 29.4 Å². The summed E-state index contributed by atoms with van der Waals surface area (Å²) in [5.41, 5.74) is -0.707. The molecule has 180 valence electrons. The number of hydrogen-bond donors (Lipinski definition) is 0. The van der Waals surface area contributed by atoms with Gasteiger partial charge in [-0.2, -0.15) is 0 Å². The minimum absolute atomic E-state index is 0.00501. The highest BCUT2D eigenvalue weighted by molar-refractivity contribution is 6.26. The van der Waals surface area contributed by atoms with Gasteiger partial charge in [0, 0.05) is 16.8 Å². The first-order chi connectivity index (χ1) is 17.0. The molecule has 2 aliphatic heterocycles. The quantitative estimate of drug-likeness (QED) is 0.624. The molecule has 35 heavy (non-hydrogen) atoms. The SMILES string of the molecule is COC(=O)C1=C(C(=O)OC)C2(OC1=NC1CCCCC1)c1ccccc1C(=O)N2c1ccccc1. The lowest BCUT2D eigenvalue weighted by atomic mass is 9.91. The molecule has 1 saturated carbocycles. The molecule has 3 aliphatic rings. The third kappa shape index (κ3) is 3.51. The van der Waals surface area contributed by atoms with Crippen molar-refractivity contribution in [2.24, 2.45) is 4.99 Å². The van der Waals surface area contributed by atoms with Crippen molar-refractivity contribution in [2.75, 3.05) is 19.1 Å². The first-order valence-electron chi connectivity index (χ1n) is 11.7. The molecular weight excluding hydrogens is 448 g/mol. The van der Waals surface area contributed by atoms with Gasteiger partial charge in [-0.05, 0) is 31.0 Å². The van der Waals surface area contributed by atoms with Gasteiger partial charge >= 0.3 is 11.9 Å². The van der Waals surface area contributed by atoms with E-state index in [4.69, 9.17) is 19.2 Å². The molecule has 0 N–H and O–H groups in total. The predicted octanol–water partition coefficient (Wildman–Crippen LogP) is 3.90. The number of benzene rings is 2. The fourth-order valence-electron chi connectivity index (χ4n) is 5.19. The Morgan fingerprint density at radius 2 is 1.60 bits per heavy atom. The minimum atomic E-state index is -1.76. The van der Waals surface area contributed by atoms with Crippen LogP contribution in [0.3, 0.4) is 0 Å². The Morgan fingerprint density at radius 3 is 2.29 bits per heavy atom. The van der Waals surface area contributed by atoms with Gasteiger partial charge in [-0.15, -0.1) is 0 Å². The lowest BCUT2D eigenvalue weighted by molar-refractivity contribution is -0.140. The molecule has 0 aromatic heterocycles. The molecule has 1 spiro atoms. The van der Waals surface area contributed by atoms with Gasteiger partial charge < -0.3 is 14.2 Å². The molecule has 2 aromatic carbocycles. The molecule has 1 amide bonds. The largest absolute Gasteiger partial charge is 0.465 e. The smallest absolute Gasteiger partial charge is 0.344 e. The number of hydrogen-bond acceptors (Lipinski definition) is 7. The number of esters is 2. The summed E-state index contributed by atoms with van der Waals surface area (Å²) in [5, 5.41) is 0. The summed E-state index contributed by atoms with van der Waals surface area (Å²) in [6.45, 7) is 0. The van der Waals surface area contributed by atoms with Crippen LogP contribution in [-0.2, 0) is 29.5 Å². The molecule has 1 atom stereocenters. The van der Waals surface area contributed by atoms with Gasteiger partial charge in [0.05, 0.1) is 20.3 Å². The normalized spacial score (nSPS) is 23.0. The van der Waals surface area contributed by atoms with Crippen molar-refractivity contribution in [3.8, 4) is 0 Å². The number of anilines is 1. The van der Waals surface area contributed by atoms with Crippen LogP contribution in [0.4, 0.5) is 5.69 Å². The molecule has 0 bridgehead atoms. The number of carbonyl (C=O) groups excluding carboxylic acids is 3. The Kier molecular flexibility index (Phi) is 5.88. The summed E-state index contributed by atoms with van der Waals surface area (Å²) in [6.07, 6.45) is 4.86. The maximum Gasteiger partial charge on any atom is 0.344 e. The number of ether oxygens (including phenoxy) is 3. The molecule has 8 heteroatoms. The number of amides is 1. The average Bonchev–Trinajstić information content (AvgIpc) is 3.36. The number of methoxy groups -OCH3 is 2. The third-order valence-corrected chi connectivity index (χ3v) is 6.76. The van der Waals surface area contributed by atoms with E-state index in [1.165, 1.54) is 19.1 Å². The zero-order valence-electron chi connectivity index (χ0n) is 19.7. The lowest BCUT2D eigenvalue weighted by Gasteiger charge is -2.36. The van der Waals surface area contributed by atoms with Crippen LogP contribution in [0, 0.1) is 0 Å². The lowest BCUT2D eigenvalue weighted by Crippen LogP contribution is -2.48. The molecule has 2 aromatic rings. The van der Waals surface area contributed by atoms with Gasteiger partial charge in [-0.1, -0.05) is 55.7 Å². The van der Waals surface area contributed by atoms with Crippen molar-refractivity contribution in [2.45, 2.75) is 43.9 Å². The number of fused-ring (bicyclic) bond motifs is 2. The van der Waals surface area contributed by atoms with Crippen LogP contribution in [-0.4, -0.2) is 44.0 Å². The standard InChI is InChI=1S/C27H26N2O6/c1-33-25(31)21-22(26(32)34-2)27(35-23(21)28-17-11-5-3-6-12-17)20-16-10-9-15-19(20)24(30)29(27)18-13-7-4-8-14-18/h4,7-10,13-17H,3,5-6,11-12H2,1-2H3. The van der Waals surface area contributed by atoms with Crippen LogP contribution < -0.4 is 4.90 Å². The molecule has 0 radical (unpaired) electrons. The van der Waals surface area contributed by atoms with Gasteiger partial charge in [0.25, 0.3) is 11.6 Å². The Balaban J connectivity index is 1.82. The van der Waals surface area contributed by atoms with Crippen LogP contribution in [0.15, 0.2) is 70.7 Å². The molecule has 1 unspecified atom stereocenters. The predicted molar refractivity (Wildman–Crippen MR) is 128 cm³/mol. The van der Waals surface area contributed by atoms with Crippen molar-refractivity contribution in [3.05, 3.63) is 76.9 Å². The first-order valence-corrected chi connectivity index (χ1v) is 11.7. The fraction of sp³-hybridized carbons (Fsp3) is 0.333. The van der Waals surface area contributed by atoms with Gasteiger partial charge in [0.1, 0.15) is 11.1 Å². The Hall–Kier alpha value is -3.94. The van der Waals surface area contributed by atoms with E-state index in [1.807, 2.05) is 6.07 Å². The molecule has 0 saturated heterocycles. The topological polar surface area (TPSA) is 94.5 Å². The Bertz CT molecular complexity index is 1250. The number of carbonyl (C=O) groups is 3. The summed E-state index contributed by atoms with van der Waals surface area (Å²) in [7, 11) is 2.46. The van der Waals surface area contributed by atoms with Crippen LogP contribution >= 0.6 is 0 Å². The number of para-hydroxylation sites is 1. The third-order valence-electron chi connectivity index (χ3n) is 6.76. The van der Waals surface area contributed by atoms with E-state index >= 15 is 0 Å². The van der Waals surface area contributed by atoms with Crippen molar-refractivity contribution < 1.29 is 28.6 Å². The minimum Gasteiger partial charge on any atom is -0.465 e. The highest BCUT2D eigenvalue weighted by atomic mass is 16.6.